The van der Waals surface area contributed by atoms with Gasteiger partial charge in [0.05, 0.1) is 11.3 Å². The van der Waals surface area contributed by atoms with Gasteiger partial charge in [-0.25, -0.2) is 18.6 Å². The Morgan fingerprint density at radius 2 is 1.88 bits per heavy atom. The van der Waals surface area contributed by atoms with Gasteiger partial charge >= 0.3 is 5.63 Å². The number of aromatic nitrogens is 1. The zero-order valence-electron chi connectivity index (χ0n) is 12.9. The molecule has 4 nitrogen and oxygen atoms in total. The summed E-state index contributed by atoms with van der Waals surface area (Å²) in [6.07, 6.45) is 0. The second kappa shape index (κ2) is 6.62. The highest BCUT2D eigenvalue weighted by Crippen LogP contribution is 2.29. The van der Waals surface area contributed by atoms with Gasteiger partial charge in [-0.05, 0) is 36.4 Å². The van der Waals surface area contributed by atoms with E-state index in [1.165, 1.54) is 6.07 Å². The van der Waals surface area contributed by atoms with Gasteiger partial charge in [0.25, 0.3) is 0 Å². The highest BCUT2D eigenvalue weighted by atomic mass is 79.9. The lowest BCUT2D eigenvalue weighted by atomic mass is 10.1. The molecule has 0 aliphatic heterocycles. The molecule has 0 radical (unpaired) electrons. The van der Waals surface area contributed by atoms with Crippen LogP contribution < -0.4 is 10.9 Å². The lowest BCUT2D eigenvalue weighted by molar-refractivity contribution is 0.563. The van der Waals surface area contributed by atoms with E-state index in [4.69, 9.17) is 4.42 Å². The third-order valence-corrected chi connectivity index (χ3v) is 4.92. The molecule has 2 aromatic carbocycles. The Morgan fingerprint density at radius 3 is 2.65 bits per heavy atom. The Bertz CT molecular complexity index is 1170. The zero-order chi connectivity index (χ0) is 18.3. The van der Waals surface area contributed by atoms with Gasteiger partial charge in [0.2, 0.25) is 0 Å². The van der Waals surface area contributed by atoms with E-state index in [1.54, 1.807) is 23.6 Å². The van der Waals surface area contributed by atoms with Crippen molar-refractivity contribution in [3.05, 3.63) is 74.4 Å². The smallest absolute Gasteiger partial charge is 0.345 e. The number of hydrogen-bond donors (Lipinski definition) is 1. The van der Waals surface area contributed by atoms with E-state index >= 15 is 0 Å². The summed E-state index contributed by atoms with van der Waals surface area (Å²) < 4.78 is 33.7. The van der Waals surface area contributed by atoms with Crippen LogP contribution in [0.1, 0.15) is 0 Å². The van der Waals surface area contributed by atoms with Crippen LogP contribution in [0.3, 0.4) is 0 Å². The number of nitrogens with one attached hydrogen (secondary N) is 1. The number of fused-ring (bicyclic) bond motifs is 1. The molecule has 4 aromatic rings. The summed E-state index contributed by atoms with van der Waals surface area (Å²) >= 11 is 4.50. The number of halogens is 3. The second-order valence-electron chi connectivity index (χ2n) is 5.39. The molecule has 0 amide bonds. The predicted molar refractivity (Wildman–Crippen MR) is 101 cm³/mol. The van der Waals surface area contributed by atoms with Gasteiger partial charge in [0.15, 0.2) is 5.13 Å². The maximum absolute atomic E-state index is 13.7. The van der Waals surface area contributed by atoms with Crippen LogP contribution >= 0.6 is 27.3 Å². The lowest BCUT2D eigenvalue weighted by Crippen LogP contribution is -2.03. The highest BCUT2D eigenvalue weighted by molar-refractivity contribution is 9.10. The third-order valence-electron chi connectivity index (χ3n) is 3.67. The fraction of sp³-hybridized carbons (Fsp3) is 0. The normalized spacial score (nSPS) is 11.0. The molecule has 0 atom stereocenters. The van der Waals surface area contributed by atoms with E-state index in [1.807, 2.05) is 6.07 Å². The van der Waals surface area contributed by atoms with Gasteiger partial charge in [-0.1, -0.05) is 22.0 Å². The molecule has 0 fully saturated rings. The van der Waals surface area contributed by atoms with E-state index in [0.29, 0.717) is 11.3 Å². The minimum atomic E-state index is -0.725. The highest BCUT2D eigenvalue weighted by Gasteiger charge is 2.14. The molecule has 0 aliphatic carbocycles. The maximum atomic E-state index is 13.7. The molecule has 8 heteroatoms. The minimum absolute atomic E-state index is 0.262. The number of thiazole rings is 1. The van der Waals surface area contributed by atoms with E-state index < -0.39 is 17.3 Å². The Kier molecular flexibility index (Phi) is 4.29. The van der Waals surface area contributed by atoms with E-state index in [2.05, 4.69) is 26.2 Å². The third kappa shape index (κ3) is 3.13. The quantitative estimate of drug-likeness (QED) is 0.420. The molecule has 130 valence electrons. The van der Waals surface area contributed by atoms with Crippen molar-refractivity contribution < 1.29 is 13.2 Å². The first-order valence-corrected chi connectivity index (χ1v) is 9.09. The molecule has 0 spiro atoms. The molecule has 0 saturated heterocycles. The van der Waals surface area contributed by atoms with Gasteiger partial charge in [-0.2, -0.15) is 0 Å². The Labute approximate surface area is 158 Å². The fourth-order valence-electron chi connectivity index (χ4n) is 2.45. The first-order valence-electron chi connectivity index (χ1n) is 7.41. The van der Waals surface area contributed by atoms with Crippen LogP contribution in [0.2, 0.25) is 0 Å². The average Bonchev–Trinajstić information content (AvgIpc) is 3.06. The lowest BCUT2D eigenvalue weighted by Gasteiger charge is -2.05. The van der Waals surface area contributed by atoms with Crippen molar-refractivity contribution in [1.29, 1.82) is 0 Å². The maximum Gasteiger partial charge on any atom is 0.345 e. The van der Waals surface area contributed by atoms with Crippen LogP contribution in [0.15, 0.2) is 61.5 Å². The van der Waals surface area contributed by atoms with Gasteiger partial charge in [0.1, 0.15) is 22.9 Å². The van der Waals surface area contributed by atoms with Gasteiger partial charge in [-0.3, -0.25) is 0 Å². The van der Waals surface area contributed by atoms with Crippen LogP contribution in [0.25, 0.3) is 22.2 Å². The van der Waals surface area contributed by atoms with Crippen molar-refractivity contribution in [2.45, 2.75) is 0 Å². The average molecular weight is 435 g/mol. The number of hydrogen-bond acceptors (Lipinski definition) is 5. The van der Waals surface area contributed by atoms with Crippen molar-refractivity contribution in [3.63, 3.8) is 0 Å². The number of para-hydroxylation sites is 1. The summed E-state index contributed by atoms with van der Waals surface area (Å²) in [6.45, 7) is 0. The first-order chi connectivity index (χ1) is 12.5. The van der Waals surface area contributed by atoms with E-state index in [0.717, 1.165) is 33.3 Å². The summed E-state index contributed by atoms with van der Waals surface area (Å²) in [5.41, 5.74) is 0.277. The standard InChI is InChI=1S/C18H9BrF2N2O2S/c19-10-4-5-15-9(6-10)7-11(17(24)25-15)14-8-26-18(22-14)23-16-12(20)2-1-3-13(16)21/h1-8H,(H,22,23). The van der Waals surface area contributed by atoms with Crippen molar-refractivity contribution in [3.8, 4) is 11.3 Å². The van der Waals surface area contributed by atoms with E-state index in [-0.39, 0.29) is 16.4 Å². The molecule has 0 aliphatic rings. The summed E-state index contributed by atoms with van der Waals surface area (Å²) in [6, 6.07) is 10.5. The number of benzene rings is 2. The molecule has 0 bridgehead atoms. The summed E-state index contributed by atoms with van der Waals surface area (Å²) in [7, 11) is 0. The molecule has 2 aromatic heterocycles. The topological polar surface area (TPSA) is 55.1 Å². The van der Waals surface area contributed by atoms with Gasteiger partial charge in [-0.15, -0.1) is 11.3 Å². The Balaban J connectivity index is 1.73. The van der Waals surface area contributed by atoms with Crippen LogP contribution in [0.4, 0.5) is 19.6 Å². The van der Waals surface area contributed by atoms with Crippen LogP contribution in [0.5, 0.6) is 0 Å². The van der Waals surface area contributed by atoms with Crippen molar-refractivity contribution in [2.75, 3.05) is 5.32 Å². The molecular weight excluding hydrogens is 426 g/mol. The molecule has 1 N–H and O–H groups in total. The molecule has 26 heavy (non-hydrogen) atoms. The molecular formula is C18H9BrF2N2O2S. The minimum Gasteiger partial charge on any atom is -0.422 e. The Hall–Kier alpha value is -2.58. The monoisotopic (exact) mass is 434 g/mol. The molecule has 2 heterocycles. The number of anilines is 2. The number of rotatable bonds is 3. The Morgan fingerprint density at radius 1 is 1.12 bits per heavy atom. The second-order valence-corrected chi connectivity index (χ2v) is 7.16. The van der Waals surface area contributed by atoms with Crippen LogP contribution in [-0.2, 0) is 0 Å². The molecule has 4 rings (SSSR count). The number of nitrogens with zero attached hydrogens (tertiary/aromatic N) is 1. The predicted octanol–water partition coefficient (Wildman–Crippen LogP) is 5.70. The molecule has 0 unspecified atom stereocenters. The van der Waals surface area contributed by atoms with Crippen LogP contribution in [0, 0.1) is 11.6 Å². The van der Waals surface area contributed by atoms with Gasteiger partial charge < -0.3 is 9.73 Å². The largest absolute Gasteiger partial charge is 0.422 e. The van der Waals surface area contributed by atoms with Crippen LogP contribution in [-0.4, -0.2) is 4.98 Å². The summed E-state index contributed by atoms with van der Waals surface area (Å²) in [5, 5.41) is 5.23. The van der Waals surface area contributed by atoms with Crippen molar-refractivity contribution >= 4 is 49.1 Å². The SMILES string of the molecule is O=c1oc2ccc(Br)cc2cc1-c1csc(Nc2c(F)cccc2F)n1. The zero-order valence-corrected chi connectivity index (χ0v) is 15.3. The van der Waals surface area contributed by atoms with E-state index in [9.17, 15) is 13.6 Å². The molecule has 0 saturated carbocycles. The van der Waals surface area contributed by atoms with Gasteiger partial charge in [0, 0.05) is 15.2 Å². The summed E-state index contributed by atoms with van der Waals surface area (Å²) in [4.78, 5) is 16.5. The first kappa shape index (κ1) is 16.9. The summed E-state index contributed by atoms with van der Waals surface area (Å²) in [5.74, 6) is -1.45. The fourth-order valence-corrected chi connectivity index (χ4v) is 3.55. The van der Waals surface area contributed by atoms with Crippen molar-refractivity contribution in [1.82, 2.24) is 4.98 Å². The van der Waals surface area contributed by atoms with Crippen molar-refractivity contribution in [2.24, 2.45) is 0 Å².